The first kappa shape index (κ1) is 20.6. The van der Waals surface area contributed by atoms with Gasteiger partial charge in [-0.2, -0.15) is 0 Å². The van der Waals surface area contributed by atoms with Crippen molar-refractivity contribution >= 4 is 16.0 Å². The van der Waals surface area contributed by atoms with Gasteiger partial charge in [0.2, 0.25) is 10.0 Å². The van der Waals surface area contributed by atoms with Crippen LogP contribution in [0.25, 0.3) is 0 Å². The quantitative estimate of drug-likeness (QED) is 0.672. The molecule has 136 valence electrons. The van der Waals surface area contributed by atoms with Gasteiger partial charge in [-0.1, -0.05) is 19.9 Å². The molecule has 0 unspecified atom stereocenters. The Morgan fingerprint density at radius 1 is 1.29 bits per heavy atom. The first-order chi connectivity index (χ1) is 11.2. The molecule has 2 N–H and O–H groups in total. The molecule has 24 heavy (non-hydrogen) atoms. The van der Waals surface area contributed by atoms with Crippen molar-refractivity contribution in [2.45, 2.75) is 51.5 Å². The van der Waals surface area contributed by atoms with E-state index >= 15 is 0 Å². The SMILES string of the molecule is CCN(CC)CCC[C@H](C)NS(=O)(=O)c1cc(C(=O)O)ccc1C. The van der Waals surface area contributed by atoms with Gasteiger partial charge in [-0.25, -0.2) is 17.9 Å². The lowest BCUT2D eigenvalue weighted by Crippen LogP contribution is -2.34. The summed E-state index contributed by atoms with van der Waals surface area (Å²) in [6.07, 6.45) is 1.63. The first-order valence-electron chi connectivity index (χ1n) is 8.29. The molecule has 1 rings (SSSR count). The van der Waals surface area contributed by atoms with Gasteiger partial charge in [-0.05, 0) is 64.0 Å². The van der Waals surface area contributed by atoms with Gasteiger partial charge in [0.15, 0.2) is 0 Å². The molecule has 0 aliphatic heterocycles. The molecular formula is C17H28N2O4S. The van der Waals surface area contributed by atoms with Crippen LogP contribution < -0.4 is 4.72 Å². The van der Waals surface area contributed by atoms with E-state index in [-0.39, 0.29) is 16.5 Å². The van der Waals surface area contributed by atoms with E-state index in [0.29, 0.717) is 5.56 Å². The number of carboxylic acids is 1. The van der Waals surface area contributed by atoms with E-state index in [4.69, 9.17) is 5.11 Å². The predicted molar refractivity (Wildman–Crippen MR) is 94.9 cm³/mol. The van der Waals surface area contributed by atoms with Crippen LogP contribution in [0.5, 0.6) is 0 Å². The van der Waals surface area contributed by atoms with E-state index in [2.05, 4.69) is 23.5 Å². The maximum atomic E-state index is 12.5. The molecular weight excluding hydrogens is 328 g/mol. The average molecular weight is 356 g/mol. The smallest absolute Gasteiger partial charge is 0.335 e. The third kappa shape index (κ3) is 5.89. The third-order valence-electron chi connectivity index (χ3n) is 4.09. The number of nitrogens with one attached hydrogen (secondary N) is 1. The van der Waals surface area contributed by atoms with Crippen molar-refractivity contribution in [3.05, 3.63) is 29.3 Å². The summed E-state index contributed by atoms with van der Waals surface area (Å²) in [5.74, 6) is -1.14. The van der Waals surface area contributed by atoms with Gasteiger partial charge in [-0.15, -0.1) is 0 Å². The first-order valence-corrected chi connectivity index (χ1v) is 9.78. The molecule has 0 amide bonds. The van der Waals surface area contributed by atoms with E-state index in [0.717, 1.165) is 32.5 Å². The molecule has 0 saturated heterocycles. The van der Waals surface area contributed by atoms with Crippen molar-refractivity contribution in [2.24, 2.45) is 0 Å². The second-order valence-corrected chi connectivity index (χ2v) is 7.66. The number of carbonyl (C=O) groups is 1. The Bertz CT molecular complexity index is 655. The maximum Gasteiger partial charge on any atom is 0.335 e. The van der Waals surface area contributed by atoms with Crippen molar-refractivity contribution in [3.63, 3.8) is 0 Å². The molecule has 0 spiro atoms. The maximum absolute atomic E-state index is 12.5. The van der Waals surface area contributed by atoms with Crippen LogP contribution in [0.1, 0.15) is 49.5 Å². The van der Waals surface area contributed by atoms with E-state index < -0.39 is 16.0 Å². The highest BCUT2D eigenvalue weighted by atomic mass is 32.2. The van der Waals surface area contributed by atoms with Gasteiger partial charge < -0.3 is 10.0 Å². The predicted octanol–water partition coefficient (Wildman–Crippen LogP) is 2.48. The lowest BCUT2D eigenvalue weighted by molar-refractivity contribution is 0.0696. The molecule has 0 radical (unpaired) electrons. The summed E-state index contributed by atoms with van der Waals surface area (Å²) in [6.45, 7) is 10.6. The second-order valence-electron chi connectivity index (χ2n) is 5.98. The zero-order chi connectivity index (χ0) is 18.3. The number of hydrogen-bond acceptors (Lipinski definition) is 4. The van der Waals surface area contributed by atoms with Crippen molar-refractivity contribution in [1.29, 1.82) is 0 Å². The number of sulfonamides is 1. The minimum Gasteiger partial charge on any atom is -0.478 e. The van der Waals surface area contributed by atoms with Gasteiger partial charge in [-0.3, -0.25) is 0 Å². The third-order valence-corrected chi connectivity index (χ3v) is 5.82. The van der Waals surface area contributed by atoms with Crippen molar-refractivity contribution in [1.82, 2.24) is 9.62 Å². The highest BCUT2D eigenvalue weighted by molar-refractivity contribution is 7.89. The van der Waals surface area contributed by atoms with E-state index in [1.165, 1.54) is 18.2 Å². The summed E-state index contributed by atoms with van der Waals surface area (Å²) in [5, 5.41) is 9.04. The van der Waals surface area contributed by atoms with E-state index in [1.54, 1.807) is 6.92 Å². The number of benzene rings is 1. The average Bonchev–Trinajstić information content (AvgIpc) is 2.51. The number of rotatable bonds is 10. The highest BCUT2D eigenvalue weighted by Crippen LogP contribution is 2.18. The Morgan fingerprint density at radius 3 is 2.46 bits per heavy atom. The van der Waals surface area contributed by atoms with Gasteiger partial charge in [0.25, 0.3) is 0 Å². The monoisotopic (exact) mass is 356 g/mol. The Hall–Kier alpha value is -1.44. The Kier molecular flexibility index (Phi) is 7.86. The topological polar surface area (TPSA) is 86.7 Å². The summed E-state index contributed by atoms with van der Waals surface area (Å²) >= 11 is 0. The molecule has 1 aromatic rings. The summed E-state index contributed by atoms with van der Waals surface area (Å²) in [4.78, 5) is 13.4. The molecule has 0 heterocycles. The Balaban J connectivity index is 2.75. The second kappa shape index (κ2) is 9.15. The fourth-order valence-corrected chi connectivity index (χ4v) is 4.12. The molecule has 0 saturated carbocycles. The number of aromatic carboxylic acids is 1. The number of aryl methyl sites for hydroxylation is 1. The fourth-order valence-electron chi connectivity index (χ4n) is 2.57. The highest BCUT2D eigenvalue weighted by Gasteiger charge is 2.21. The summed E-state index contributed by atoms with van der Waals surface area (Å²) in [5.41, 5.74) is 0.498. The Morgan fingerprint density at radius 2 is 1.92 bits per heavy atom. The molecule has 0 aliphatic rings. The van der Waals surface area contributed by atoms with Crippen LogP contribution in [-0.4, -0.2) is 50.1 Å². The lowest BCUT2D eigenvalue weighted by Gasteiger charge is -2.20. The zero-order valence-electron chi connectivity index (χ0n) is 14.9. The number of carboxylic acid groups (broad SMARTS) is 1. The lowest BCUT2D eigenvalue weighted by atomic mass is 10.1. The molecule has 0 aromatic heterocycles. The van der Waals surface area contributed by atoms with Crippen LogP contribution in [0, 0.1) is 6.92 Å². The van der Waals surface area contributed by atoms with Gasteiger partial charge in [0, 0.05) is 6.04 Å². The summed E-state index contributed by atoms with van der Waals surface area (Å²) < 4.78 is 27.7. The van der Waals surface area contributed by atoms with Crippen molar-refractivity contribution in [2.75, 3.05) is 19.6 Å². The minimum atomic E-state index is -3.73. The number of hydrogen-bond donors (Lipinski definition) is 2. The van der Waals surface area contributed by atoms with Crippen LogP contribution in [0.15, 0.2) is 23.1 Å². The molecule has 7 heteroatoms. The van der Waals surface area contributed by atoms with Gasteiger partial charge in [0.05, 0.1) is 10.5 Å². The normalized spacial score (nSPS) is 13.2. The van der Waals surface area contributed by atoms with Crippen LogP contribution >= 0.6 is 0 Å². The van der Waals surface area contributed by atoms with Crippen LogP contribution in [0.2, 0.25) is 0 Å². The summed E-state index contributed by atoms with van der Waals surface area (Å²) in [7, 11) is -3.73. The van der Waals surface area contributed by atoms with Gasteiger partial charge >= 0.3 is 5.97 Å². The fraction of sp³-hybridized carbons (Fsp3) is 0.588. The zero-order valence-corrected chi connectivity index (χ0v) is 15.7. The van der Waals surface area contributed by atoms with Crippen molar-refractivity contribution < 1.29 is 18.3 Å². The van der Waals surface area contributed by atoms with Crippen LogP contribution in [0.3, 0.4) is 0 Å². The van der Waals surface area contributed by atoms with Crippen LogP contribution in [-0.2, 0) is 10.0 Å². The van der Waals surface area contributed by atoms with E-state index in [1.807, 2.05) is 6.92 Å². The largest absolute Gasteiger partial charge is 0.478 e. The van der Waals surface area contributed by atoms with Crippen LogP contribution in [0.4, 0.5) is 0 Å². The summed E-state index contributed by atoms with van der Waals surface area (Å²) in [6, 6.07) is 3.93. The Labute approximate surface area is 144 Å². The standard InChI is InChI=1S/C17H28N2O4S/c1-5-19(6-2)11-7-8-14(4)18-24(22,23)16-12-15(17(20)21)10-9-13(16)3/h9-10,12,14,18H,5-8,11H2,1-4H3,(H,20,21)/t14-/m0/s1. The molecule has 0 bridgehead atoms. The minimum absolute atomic E-state index is 0.0259. The molecule has 0 aliphatic carbocycles. The molecule has 1 aromatic carbocycles. The molecule has 6 nitrogen and oxygen atoms in total. The van der Waals surface area contributed by atoms with Gasteiger partial charge in [0.1, 0.15) is 0 Å². The van der Waals surface area contributed by atoms with Crippen molar-refractivity contribution in [3.8, 4) is 0 Å². The van der Waals surface area contributed by atoms with E-state index in [9.17, 15) is 13.2 Å². The molecule has 0 fully saturated rings. The molecule has 1 atom stereocenters. The number of nitrogens with zero attached hydrogens (tertiary/aromatic N) is 1.